The van der Waals surface area contributed by atoms with E-state index in [1.807, 2.05) is 4.90 Å². The lowest BCUT2D eigenvalue weighted by atomic mass is 10.1. The minimum Gasteiger partial charge on any atom is -0.393 e. The second-order valence-electron chi connectivity index (χ2n) is 5.94. The molecular formula is C15H21N3O3. The van der Waals surface area contributed by atoms with E-state index < -0.39 is 4.92 Å². The predicted molar refractivity (Wildman–Crippen MR) is 81.0 cm³/mol. The molecule has 1 aromatic carbocycles. The molecule has 0 bridgehead atoms. The Morgan fingerprint density at radius 2 is 2.14 bits per heavy atom. The number of benzene rings is 1. The Kier molecular flexibility index (Phi) is 4.45. The Bertz CT molecular complexity index is 553. The highest BCUT2D eigenvalue weighted by Crippen LogP contribution is 2.30. The third-order valence-corrected chi connectivity index (χ3v) is 3.67. The largest absolute Gasteiger partial charge is 0.393 e. The molecule has 0 heterocycles. The molecule has 0 spiro atoms. The molecule has 0 unspecified atom stereocenters. The topological polar surface area (TPSA) is 89.5 Å². The minimum atomic E-state index is -0.554. The van der Waals surface area contributed by atoms with Crippen LogP contribution in [-0.2, 0) is 0 Å². The van der Waals surface area contributed by atoms with E-state index in [0.29, 0.717) is 18.0 Å². The van der Waals surface area contributed by atoms with Crippen molar-refractivity contribution in [2.24, 2.45) is 5.92 Å². The number of nitrogen functional groups attached to an aromatic ring is 1. The van der Waals surface area contributed by atoms with Gasteiger partial charge in [0.05, 0.1) is 4.92 Å². The second-order valence-corrected chi connectivity index (χ2v) is 5.94. The van der Waals surface area contributed by atoms with Gasteiger partial charge in [0.15, 0.2) is 0 Å². The molecule has 6 heteroatoms. The Balaban J connectivity index is 2.20. The van der Waals surface area contributed by atoms with Crippen molar-refractivity contribution in [3.8, 4) is 0 Å². The normalized spacial score (nSPS) is 14.2. The van der Waals surface area contributed by atoms with Gasteiger partial charge < -0.3 is 10.6 Å². The lowest BCUT2D eigenvalue weighted by Gasteiger charge is -2.23. The molecule has 0 radical (unpaired) electrons. The van der Waals surface area contributed by atoms with Crippen LogP contribution >= 0.6 is 0 Å². The number of hydrogen-bond acceptors (Lipinski definition) is 4. The molecule has 21 heavy (non-hydrogen) atoms. The summed E-state index contributed by atoms with van der Waals surface area (Å²) in [6.07, 6.45) is 2.96. The first kappa shape index (κ1) is 15.3. The van der Waals surface area contributed by atoms with Crippen LogP contribution in [0, 0.1) is 16.0 Å². The fourth-order valence-electron chi connectivity index (χ4n) is 2.23. The number of carbonyl (C=O) groups is 1. The number of anilines is 1. The van der Waals surface area contributed by atoms with E-state index in [2.05, 4.69) is 13.8 Å². The molecule has 0 aromatic heterocycles. The van der Waals surface area contributed by atoms with Gasteiger partial charge in [-0.25, -0.2) is 0 Å². The van der Waals surface area contributed by atoms with Crippen molar-refractivity contribution >= 4 is 17.3 Å². The van der Waals surface area contributed by atoms with Gasteiger partial charge >= 0.3 is 0 Å². The van der Waals surface area contributed by atoms with Gasteiger partial charge in [-0.1, -0.05) is 13.8 Å². The van der Waals surface area contributed by atoms with Crippen LogP contribution in [-0.4, -0.2) is 28.3 Å². The summed E-state index contributed by atoms with van der Waals surface area (Å²) in [4.78, 5) is 24.8. The van der Waals surface area contributed by atoms with Crippen LogP contribution in [0.3, 0.4) is 0 Å². The third kappa shape index (κ3) is 3.71. The monoisotopic (exact) mass is 291 g/mol. The first-order chi connectivity index (χ1) is 9.90. The number of rotatable bonds is 6. The standard InChI is InChI=1S/C15H21N3O3/c1-10(2)7-8-17(12-4-5-12)15(19)11-3-6-13(16)14(9-11)18(20)21/h3,6,9-10,12H,4-5,7-8,16H2,1-2H3. The first-order valence-electron chi connectivity index (χ1n) is 7.25. The molecule has 0 saturated heterocycles. The molecular weight excluding hydrogens is 270 g/mol. The van der Waals surface area contributed by atoms with Crippen molar-refractivity contribution in [2.75, 3.05) is 12.3 Å². The summed E-state index contributed by atoms with van der Waals surface area (Å²) < 4.78 is 0. The number of nitro benzene ring substituents is 1. The SMILES string of the molecule is CC(C)CCN(C(=O)c1ccc(N)c([N+](=O)[O-])c1)C1CC1. The van der Waals surface area contributed by atoms with E-state index in [1.54, 1.807) is 6.07 Å². The number of carbonyl (C=O) groups excluding carboxylic acids is 1. The van der Waals surface area contributed by atoms with Crippen molar-refractivity contribution in [3.05, 3.63) is 33.9 Å². The molecule has 6 nitrogen and oxygen atoms in total. The zero-order valence-electron chi connectivity index (χ0n) is 12.4. The summed E-state index contributed by atoms with van der Waals surface area (Å²) in [6, 6.07) is 4.56. The van der Waals surface area contributed by atoms with Crippen LogP contribution in [0.4, 0.5) is 11.4 Å². The average molecular weight is 291 g/mol. The van der Waals surface area contributed by atoms with E-state index in [4.69, 9.17) is 5.73 Å². The molecule has 2 N–H and O–H groups in total. The van der Waals surface area contributed by atoms with E-state index in [0.717, 1.165) is 19.3 Å². The summed E-state index contributed by atoms with van der Waals surface area (Å²) in [6.45, 7) is 4.92. The van der Waals surface area contributed by atoms with Crippen LogP contribution in [0.15, 0.2) is 18.2 Å². The van der Waals surface area contributed by atoms with Gasteiger partial charge in [-0.15, -0.1) is 0 Å². The van der Waals surface area contributed by atoms with Crippen molar-refractivity contribution in [2.45, 2.75) is 39.2 Å². The zero-order chi connectivity index (χ0) is 15.6. The molecule has 1 fully saturated rings. The van der Waals surface area contributed by atoms with Gasteiger partial charge in [0.1, 0.15) is 5.69 Å². The summed E-state index contributed by atoms with van der Waals surface area (Å²) in [7, 11) is 0. The van der Waals surface area contributed by atoms with Crippen molar-refractivity contribution in [1.29, 1.82) is 0 Å². The van der Waals surface area contributed by atoms with Crippen molar-refractivity contribution in [1.82, 2.24) is 4.90 Å². The molecule has 0 atom stereocenters. The van der Waals surface area contributed by atoms with Gasteiger partial charge in [-0.2, -0.15) is 0 Å². The summed E-state index contributed by atoms with van der Waals surface area (Å²) in [5.74, 6) is 0.376. The highest BCUT2D eigenvalue weighted by atomic mass is 16.6. The third-order valence-electron chi connectivity index (χ3n) is 3.67. The Labute approximate surface area is 124 Å². The number of hydrogen-bond donors (Lipinski definition) is 1. The van der Waals surface area contributed by atoms with Crippen LogP contribution in [0.2, 0.25) is 0 Å². The Hall–Kier alpha value is -2.11. The van der Waals surface area contributed by atoms with Crippen LogP contribution in [0.1, 0.15) is 43.5 Å². The zero-order valence-corrected chi connectivity index (χ0v) is 12.4. The van der Waals surface area contributed by atoms with E-state index in [1.165, 1.54) is 12.1 Å². The highest BCUT2D eigenvalue weighted by molar-refractivity contribution is 5.96. The van der Waals surface area contributed by atoms with Gasteiger partial charge in [-0.3, -0.25) is 14.9 Å². The number of nitrogens with zero attached hydrogens (tertiary/aromatic N) is 2. The predicted octanol–water partition coefficient (Wildman–Crippen LogP) is 2.83. The average Bonchev–Trinajstić information content (AvgIpc) is 3.23. The van der Waals surface area contributed by atoms with Gasteiger partial charge in [0.25, 0.3) is 11.6 Å². The lowest BCUT2D eigenvalue weighted by Crippen LogP contribution is -2.34. The van der Waals surface area contributed by atoms with Crippen LogP contribution < -0.4 is 5.73 Å². The molecule has 0 aliphatic heterocycles. The molecule has 114 valence electrons. The molecule has 1 saturated carbocycles. The highest BCUT2D eigenvalue weighted by Gasteiger charge is 2.33. The summed E-state index contributed by atoms with van der Waals surface area (Å²) >= 11 is 0. The maximum absolute atomic E-state index is 12.6. The maximum atomic E-state index is 12.6. The smallest absolute Gasteiger partial charge is 0.292 e. The van der Waals surface area contributed by atoms with E-state index >= 15 is 0 Å². The molecule has 1 aromatic rings. The Morgan fingerprint density at radius 1 is 1.48 bits per heavy atom. The minimum absolute atomic E-state index is 0.0803. The molecule has 1 aliphatic carbocycles. The van der Waals surface area contributed by atoms with Crippen LogP contribution in [0.5, 0.6) is 0 Å². The van der Waals surface area contributed by atoms with Crippen molar-refractivity contribution in [3.63, 3.8) is 0 Å². The van der Waals surface area contributed by atoms with Crippen molar-refractivity contribution < 1.29 is 9.72 Å². The fraction of sp³-hybridized carbons (Fsp3) is 0.533. The number of nitrogens with two attached hydrogens (primary N) is 1. The van der Waals surface area contributed by atoms with E-state index in [-0.39, 0.29) is 23.3 Å². The van der Waals surface area contributed by atoms with Gasteiger partial charge in [0.2, 0.25) is 0 Å². The van der Waals surface area contributed by atoms with Crippen LogP contribution in [0.25, 0.3) is 0 Å². The Morgan fingerprint density at radius 3 is 2.67 bits per heavy atom. The molecule has 2 rings (SSSR count). The molecule has 1 amide bonds. The number of nitro groups is 1. The number of amides is 1. The molecule has 1 aliphatic rings. The first-order valence-corrected chi connectivity index (χ1v) is 7.25. The summed E-state index contributed by atoms with van der Waals surface area (Å²) in [5, 5.41) is 10.9. The maximum Gasteiger partial charge on any atom is 0.292 e. The van der Waals surface area contributed by atoms with E-state index in [9.17, 15) is 14.9 Å². The van der Waals surface area contributed by atoms with Gasteiger partial charge in [0, 0.05) is 24.2 Å². The lowest BCUT2D eigenvalue weighted by molar-refractivity contribution is -0.383. The quantitative estimate of drug-likeness (QED) is 0.496. The van der Waals surface area contributed by atoms with Gasteiger partial charge in [-0.05, 0) is 37.3 Å². The second kappa shape index (κ2) is 6.11. The summed E-state index contributed by atoms with van der Waals surface area (Å²) in [5.41, 5.74) is 5.78. The fourth-order valence-corrected chi connectivity index (χ4v) is 2.23.